The summed E-state index contributed by atoms with van der Waals surface area (Å²) in [4.78, 5) is 25.6. The number of aromatic amines is 2. The molecule has 1 aromatic heterocycles. The average Bonchev–Trinajstić information content (AvgIpc) is 3.04. The van der Waals surface area contributed by atoms with E-state index < -0.39 is 0 Å². The molecule has 2 aromatic rings. The van der Waals surface area contributed by atoms with Crippen molar-refractivity contribution in [1.29, 1.82) is 0 Å². The van der Waals surface area contributed by atoms with Gasteiger partial charge in [0.1, 0.15) is 5.75 Å². The molecule has 1 aromatic carbocycles. The van der Waals surface area contributed by atoms with Crippen LogP contribution in [0.4, 0.5) is 0 Å². The van der Waals surface area contributed by atoms with Crippen molar-refractivity contribution in [3.8, 4) is 5.75 Å². The third kappa shape index (κ3) is 2.03. The molecule has 1 fully saturated rings. The molecule has 0 unspecified atom stereocenters. The lowest BCUT2D eigenvalue weighted by atomic mass is 9.94. The zero-order valence-electron chi connectivity index (χ0n) is 12.3. The van der Waals surface area contributed by atoms with Crippen LogP contribution < -0.4 is 10.3 Å². The molecule has 0 radical (unpaired) electrons. The minimum atomic E-state index is -0.135. The van der Waals surface area contributed by atoms with Crippen molar-refractivity contribution in [2.45, 2.75) is 19.3 Å². The van der Waals surface area contributed by atoms with E-state index in [4.69, 9.17) is 4.74 Å². The van der Waals surface area contributed by atoms with Gasteiger partial charge in [-0.1, -0.05) is 6.07 Å². The van der Waals surface area contributed by atoms with Gasteiger partial charge in [-0.25, -0.2) is 0 Å². The Labute approximate surface area is 127 Å². The quantitative estimate of drug-likeness (QED) is 0.874. The molecule has 0 aliphatic carbocycles. The Morgan fingerprint density at radius 1 is 1.27 bits per heavy atom. The highest BCUT2D eigenvalue weighted by atomic mass is 16.5. The van der Waals surface area contributed by atoms with Gasteiger partial charge in [-0.15, -0.1) is 0 Å². The molecule has 2 aliphatic rings. The normalized spacial score (nSPS) is 17.0. The van der Waals surface area contributed by atoms with Crippen LogP contribution in [0, 0.1) is 6.92 Å². The molecule has 6 nitrogen and oxygen atoms in total. The van der Waals surface area contributed by atoms with E-state index in [-0.39, 0.29) is 17.4 Å². The van der Waals surface area contributed by atoms with Gasteiger partial charge in [0.2, 0.25) is 0 Å². The average molecular weight is 299 g/mol. The molecule has 0 spiro atoms. The Morgan fingerprint density at radius 2 is 2.09 bits per heavy atom. The van der Waals surface area contributed by atoms with E-state index in [1.807, 2.05) is 13.0 Å². The van der Waals surface area contributed by atoms with Crippen LogP contribution in [0.3, 0.4) is 0 Å². The van der Waals surface area contributed by atoms with Crippen LogP contribution in [0.5, 0.6) is 5.75 Å². The smallest absolute Gasteiger partial charge is 0.264 e. The Balaban J connectivity index is 1.54. The summed E-state index contributed by atoms with van der Waals surface area (Å²) in [5.41, 5.74) is 3.59. The summed E-state index contributed by atoms with van der Waals surface area (Å²) in [5, 5.41) is 5.39. The third-order valence-corrected chi connectivity index (χ3v) is 4.38. The second kappa shape index (κ2) is 4.76. The lowest BCUT2D eigenvalue weighted by molar-refractivity contribution is 0.0595. The number of benzene rings is 1. The third-order valence-electron chi connectivity index (χ3n) is 4.38. The second-order valence-electron chi connectivity index (χ2n) is 6.02. The molecule has 1 amide bonds. The Morgan fingerprint density at radius 3 is 2.82 bits per heavy atom. The number of aromatic nitrogens is 2. The monoisotopic (exact) mass is 299 g/mol. The van der Waals surface area contributed by atoms with Crippen LogP contribution >= 0.6 is 0 Å². The van der Waals surface area contributed by atoms with Crippen molar-refractivity contribution >= 4 is 5.91 Å². The van der Waals surface area contributed by atoms with Crippen molar-refractivity contribution in [2.75, 3.05) is 19.7 Å². The van der Waals surface area contributed by atoms with Crippen molar-refractivity contribution in [3.63, 3.8) is 0 Å². The molecule has 0 atom stereocenters. The summed E-state index contributed by atoms with van der Waals surface area (Å²) in [5.74, 6) is 0.951. The first-order valence-electron chi connectivity index (χ1n) is 7.45. The Hall–Kier alpha value is -2.50. The van der Waals surface area contributed by atoms with Gasteiger partial charge in [0, 0.05) is 37.2 Å². The molecule has 4 rings (SSSR count). The van der Waals surface area contributed by atoms with Crippen molar-refractivity contribution in [1.82, 2.24) is 15.1 Å². The molecule has 3 heterocycles. The Kier molecular flexibility index (Phi) is 2.85. The molecule has 0 bridgehead atoms. The van der Waals surface area contributed by atoms with Crippen LogP contribution in [0.15, 0.2) is 23.0 Å². The maximum Gasteiger partial charge on any atom is 0.264 e. The zero-order chi connectivity index (χ0) is 15.3. The number of nitrogens with one attached hydrogen (secondary N) is 2. The highest BCUT2D eigenvalue weighted by molar-refractivity contribution is 5.98. The topological polar surface area (TPSA) is 78.2 Å². The minimum absolute atomic E-state index is 0.0102. The largest absolute Gasteiger partial charge is 0.492 e. The van der Waals surface area contributed by atoms with E-state index >= 15 is 0 Å². The van der Waals surface area contributed by atoms with E-state index in [0.29, 0.717) is 25.3 Å². The molecular formula is C16H17N3O3. The summed E-state index contributed by atoms with van der Waals surface area (Å²) in [6.45, 7) is 3.88. The van der Waals surface area contributed by atoms with Gasteiger partial charge in [-0.05, 0) is 24.1 Å². The van der Waals surface area contributed by atoms with E-state index in [2.05, 4.69) is 16.3 Å². The van der Waals surface area contributed by atoms with Crippen LogP contribution in [-0.2, 0) is 6.42 Å². The maximum atomic E-state index is 12.7. The number of hydrogen-bond acceptors (Lipinski definition) is 3. The van der Waals surface area contributed by atoms with E-state index in [1.54, 1.807) is 11.0 Å². The number of likely N-dealkylation sites (tertiary alicyclic amines) is 1. The van der Waals surface area contributed by atoms with Gasteiger partial charge in [0.25, 0.3) is 11.5 Å². The molecule has 2 N–H and O–H groups in total. The standard InChI is InChI=1S/C16H17N3O3/c1-9-4-10-2-3-22-15(10)12(5-9)16(21)19-7-11(8-19)13-6-14(20)18-17-13/h4-6,11H,2-3,7-8H2,1H3,(H2,17,18,20). The number of fused-ring (bicyclic) bond motifs is 1. The van der Waals surface area contributed by atoms with Gasteiger partial charge >= 0.3 is 0 Å². The summed E-state index contributed by atoms with van der Waals surface area (Å²) < 4.78 is 5.64. The first kappa shape index (κ1) is 13.2. The fraction of sp³-hybridized carbons (Fsp3) is 0.375. The number of hydrogen-bond donors (Lipinski definition) is 2. The fourth-order valence-electron chi connectivity index (χ4n) is 3.20. The molecule has 22 heavy (non-hydrogen) atoms. The van der Waals surface area contributed by atoms with E-state index in [9.17, 15) is 9.59 Å². The number of carbonyl (C=O) groups is 1. The van der Waals surface area contributed by atoms with Gasteiger partial charge in [-0.3, -0.25) is 14.7 Å². The summed E-state index contributed by atoms with van der Waals surface area (Å²) in [6, 6.07) is 5.54. The number of nitrogens with zero attached hydrogens (tertiary/aromatic N) is 1. The molecule has 1 saturated heterocycles. The van der Waals surface area contributed by atoms with Gasteiger partial charge in [-0.2, -0.15) is 0 Å². The van der Waals surface area contributed by atoms with Crippen LogP contribution in [0.1, 0.15) is 33.1 Å². The molecule has 0 saturated carbocycles. The predicted octanol–water partition coefficient (Wildman–Crippen LogP) is 1.19. The molecule has 114 valence electrons. The molecule has 6 heteroatoms. The number of aryl methyl sites for hydroxylation is 1. The summed E-state index contributed by atoms with van der Waals surface area (Å²) in [7, 11) is 0. The summed E-state index contributed by atoms with van der Waals surface area (Å²) >= 11 is 0. The van der Waals surface area contributed by atoms with Crippen molar-refractivity contribution in [2.24, 2.45) is 0 Å². The predicted molar refractivity (Wildman–Crippen MR) is 80.4 cm³/mol. The SMILES string of the molecule is Cc1cc2c(c(C(=O)N3CC(c4cc(=O)[nH][nH]4)C3)c1)OCC2. The lowest BCUT2D eigenvalue weighted by Crippen LogP contribution is -2.48. The fourth-order valence-corrected chi connectivity index (χ4v) is 3.20. The Bertz CT molecular complexity index is 799. The summed E-state index contributed by atoms with van der Waals surface area (Å²) in [6.07, 6.45) is 0.866. The van der Waals surface area contributed by atoms with Gasteiger partial charge < -0.3 is 14.7 Å². The highest BCUT2D eigenvalue weighted by Gasteiger charge is 2.35. The van der Waals surface area contributed by atoms with Crippen LogP contribution in [0.25, 0.3) is 0 Å². The number of ether oxygens (including phenoxy) is 1. The number of H-pyrrole nitrogens is 2. The van der Waals surface area contributed by atoms with Gasteiger partial charge in [0.05, 0.1) is 12.2 Å². The maximum absolute atomic E-state index is 12.7. The van der Waals surface area contributed by atoms with Crippen molar-refractivity contribution in [3.05, 3.63) is 50.9 Å². The second-order valence-corrected chi connectivity index (χ2v) is 6.02. The van der Waals surface area contributed by atoms with Crippen molar-refractivity contribution < 1.29 is 9.53 Å². The van der Waals surface area contributed by atoms with Gasteiger partial charge in [0.15, 0.2) is 0 Å². The highest BCUT2D eigenvalue weighted by Crippen LogP contribution is 2.34. The van der Waals surface area contributed by atoms with E-state index in [1.165, 1.54) is 0 Å². The first-order chi connectivity index (χ1) is 10.6. The van der Waals surface area contributed by atoms with E-state index in [0.717, 1.165) is 29.0 Å². The number of carbonyl (C=O) groups excluding carboxylic acids is 1. The van der Waals surface area contributed by atoms with Crippen LogP contribution in [-0.4, -0.2) is 40.7 Å². The minimum Gasteiger partial charge on any atom is -0.492 e. The number of amides is 1. The first-order valence-corrected chi connectivity index (χ1v) is 7.45. The zero-order valence-corrected chi connectivity index (χ0v) is 12.3. The number of rotatable bonds is 2. The lowest BCUT2D eigenvalue weighted by Gasteiger charge is -2.38. The van der Waals surface area contributed by atoms with Crippen LogP contribution in [0.2, 0.25) is 0 Å². The molecular weight excluding hydrogens is 282 g/mol. The molecule has 2 aliphatic heterocycles.